The molecule has 0 atom stereocenters. The number of thiophene rings is 1. The van der Waals surface area contributed by atoms with E-state index in [2.05, 4.69) is 20.3 Å². The third-order valence-corrected chi connectivity index (χ3v) is 4.93. The fourth-order valence-electron chi connectivity index (χ4n) is 2.67. The molecule has 3 aromatic rings. The number of carbonyl (C=O) groups is 1. The Morgan fingerprint density at radius 3 is 3.24 bits per heavy atom. The molecule has 0 aromatic carbocycles. The van der Waals surface area contributed by atoms with Crippen molar-refractivity contribution in [2.75, 3.05) is 0 Å². The van der Waals surface area contributed by atoms with E-state index in [1.54, 1.807) is 17.5 Å². The molecule has 0 saturated heterocycles. The monoisotopic (exact) mass is 298 g/mol. The van der Waals surface area contributed by atoms with E-state index >= 15 is 0 Å². The normalized spacial score (nSPS) is 13.5. The number of nitrogens with one attached hydrogen (secondary N) is 2. The molecule has 4 rings (SSSR count). The highest BCUT2D eigenvalue weighted by molar-refractivity contribution is 7.14. The van der Waals surface area contributed by atoms with E-state index in [-0.39, 0.29) is 5.91 Å². The Labute approximate surface area is 125 Å². The zero-order valence-corrected chi connectivity index (χ0v) is 12.2. The van der Waals surface area contributed by atoms with Crippen molar-refractivity contribution < 1.29 is 4.79 Å². The van der Waals surface area contributed by atoms with Crippen LogP contribution in [-0.4, -0.2) is 20.9 Å². The molecule has 21 heavy (non-hydrogen) atoms. The number of nitrogens with zero attached hydrogens (tertiary/aromatic N) is 2. The van der Waals surface area contributed by atoms with E-state index in [9.17, 15) is 4.79 Å². The van der Waals surface area contributed by atoms with E-state index in [4.69, 9.17) is 0 Å². The van der Waals surface area contributed by atoms with Crippen molar-refractivity contribution in [2.24, 2.45) is 0 Å². The van der Waals surface area contributed by atoms with Gasteiger partial charge in [-0.2, -0.15) is 0 Å². The summed E-state index contributed by atoms with van der Waals surface area (Å²) < 4.78 is 0. The molecule has 106 valence electrons. The lowest BCUT2D eigenvalue weighted by Crippen LogP contribution is -2.22. The standard InChI is InChI=1S/C15H14N4OS/c20-15(12-7-9-3-1-5-11(9)21-12)17-8-13-18-10-4-2-6-16-14(10)19-13/h2,4,6-7H,1,3,5,8H2,(H,17,20)(H,16,18,19). The summed E-state index contributed by atoms with van der Waals surface area (Å²) in [6.45, 7) is 0.387. The van der Waals surface area contributed by atoms with Gasteiger partial charge in [-0.05, 0) is 43.0 Å². The second-order valence-electron chi connectivity index (χ2n) is 5.15. The van der Waals surface area contributed by atoms with Crippen LogP contribution in [0.15, 0.2) is 24.4 Å². The number of aryl methyl sites for hydroxylation is 2. The SMILES string of the molecule is O=C(NCc1nc2ncccc2[nH]1)c1cc2c(s1)CCC2. The first-order valence-electron chi connectivity index (χ1n) is 6.99. The van der Waals surface area contributed by atoms with Crippen LogP contribution in [0.3, 0.4) is 0 Å². The van der Waals surface area contributed by atoms with Gasteiger partial charge in [0.25, 0.3) is 5.91 Å². The predicted octanol–water partition coefficient (Wildman–Crippen LogP) is 2.44. The smallest absolute Gasteiger partial charge is 0.261 e. The third kappa shape index (κ3) is 2.31. The number of pyridine rings is 1. The van der Waals surface area contributed by atoms with Gasteiger partial charge in [-0.3, -0.25) is 4.79 Å². The van der Waals surface area contributed by atoms with Crippen LogP contribution >= 0.6 is 11.3 Å². The van der Waals surface area contributed by atoms with Crippen LogP contribution < -0.4 is 5.32 Å². The Bertz CT molecular complexity index is 766. The Morgan fingerprint density at radius 1 is 1.43 bits per heavy atom. The number of amides is 1. The van der Waals surface area contributed by atoms with Gasteiger partial charge in [-0.1, -0.05) is 0 Å². The summed E-state index contributed by atoms with van der Waals surface area (Å²) >= 11 is 1.62. The maximum Gasteiger partial charge on any atom is 0.261 e. The van der Waals surface area contributed by atoms with Crippen molar-refractivity contribution >= 4 is 28.4 Å². The number of H-pyrrole nitrogens is 1. The van der Waals surface area contributed by atoms with Crippen LogP contribution in [-0.2, 0) is 19.4 Å². The number of aromatic nitrogens is 3. The van der Waals surface area contributed by atoms with Crippen LogP contribution in [0.5, 0.6) is 0 Å². The number of carbonyl (C=O) groups excluding carboxylic acids is 1. The van der Waals surface area contributed by atoms with Crippen molar-refractivity contribution in [2.45, 2.75) is 25.8 Å². The van der Waals surface area contributed by atoms with Crippen LogP contribution in [0.1, 0.15) is 32.4 Å². The zero-order chi connectivity index (χ0) is 14.2. The minimum atomic E-state index is -0.0252. The molecule has 2 N–H and O–H groups in total. The second kappa shape index (κ2) is 4.96. The summed E-state index contributed by atoms with van der Waals surface area (Å²) in [6.07, 6.45) is 5.14. The number of imidazole rings is 1. The summed E-state index contributed by atoms with van der Waals surface area (Å²) in [5, 5.41) is 2.91. The zero-order valence-electron chi connectivity index (χ0n) is 11.3. The van der Waals surface area contributed by atoms with Crippen LogP contribution in [0.4, 0.5) is 0 Å². The molecule has 6 heteroatoms. The fourth-order valence-corrected chi connectivity index (χ4v) is 3.84. The Balaban J connectivity index is 1.46. The Kier molecular flexibility index (Phi) is 2.96. The summed E-state index contributed by atoms with van der Waals surface area (Å²) in [6, 6.07) is 5.81. The molecular weight excluding hydrogens is 284 g/mol. The Hall–Kier alpha value is -2.21. The Morgan fingerprint density at radius 2 is 2.38 bits per heavy atom. The maximum atomic E-state index is 12.2. The minimum Gasteiger partial charge on any atom is -0.344 e. The molecule has 3 aromatic heterocycles. The third-order valence-electron chi connectivity index (χ3n) is 3.69. The van der Waals surface area contributed by atoms with Gasteiger partial charge in [0.2, 0.25) is 0 Å². The maximum absolute atomic E-state index is 12.2. The number of rotatable bonds is 3. The molecule has 3 heterocycles. The summed E-state index contributed by atoms with van der Waals surface area (Å²) in [5.41, 5.74) is 2.91. The highest BCUT2D eigenvalue weighted by atomic mass is 32.1. The topological polar surface area (TPSA) is 70.7 Å². The van der Waals surface area contributed by atoms with E-state index in [1.807, 2.05) is 18.2 Å². The molecular formula is C15H14N4OS. The molecule has 0 unspecified atom stereocenters. The molecule has 1 amide bonds. The molecule has 1 aliphatic carbocycles. The molecule has 0 radical (unpaired) electrons. The average Bonchev–Trinajstić information content (AvgIpc) is 3.17. The molecule has 0 bridgehead atoms. The number of hydrogen-bond acceptors (Lipinski definition) is 4. The highest BCUT2D eigenvalue weighted by Gasteiger charge is 2.18. The van der Waals surface area contributed by atoms with Gasteiger partial charge in [-0.25, -0.2) is 9.97 Å². The van der Waals surface area contributed by atoms with E-state index in [0.29, 0.717) is 12.2 Å². The van der Waals surface area contributed by atoms with Crippen molar-refractivity contribution in [3.63, 3.8) is 0 Å². The quantitative estimate of drug-likeness (QED) is 0.780. The van der Waals surface area contributed by atoms with Gasteiger partial charge in [0.15, 0.2) is 5.65 Å². The van der Waals surface area contributed by atoms with E-state index in [0.717, 1.165) is 29.1 Å². The molecule has 1 aliphatic rings. The minimum absolute atomic E-state index is 0.0252. The van der Waals surface area contributed by atoms with Gasteiger partial charge < -0.3 is 10.3 Å². The van der Waals surface area contributed by atoms with Gasteiger partial charge in [-0.15, -0.1) is 11.3 Å². The molecule has 5 nitrogen and oxygen atoms in total. The molecule has 0 fully saturated rings. The van der Waals surface area contributed by atoms with Crippen molar-refractivity contribution in [1.82, 2.24) is 20.3 Å². The lowest BCUT2D eigenvalue weighted by molar-refractivity contribution is 0.0954. The van der Waals surface area contributed by atoms with Crippen molar-refractivity contribution in [3.8, 4) is 0 Å². The highest BCUT2D eigenvalue weighted by Crippen LogP contribution is 2.30. The largest absolute Gasteiger partial charge is 0.344 e. The number of aromatic amines is 1. The first kappa shape index (κ1) is 12.5. The lowest BCUT2D eigenvalue weighted by Gasteiger charge is -2.00. The van der Waals surface area contributed by atoms with Crippen LogP contribution in [0, 0.1) is 0 Å². The van der Waals surface area contributed by atoms with Crippen LogP contribution in [0.25, 0.3) is 11.2 Å². The van der Waals surface area contributed by atoms with Gasteiger partial charge in [0.05, 0.1) is 16.9 Å². The van der Waals surface area contributed by atoms with E-state index < -0.39 is 0 Å². The second-order valence-corrected chi connectivity index (χ2v) is 6.29. The number of hydrogen-bond donors (Lipinski definition) is 2. The molecule has 0 aliphatic heterocycles. The van der Waals surface area contributed by atoms with Crippen molar-refractivity contribution in [1.29, 1.82) is 0 Å². The van der Waals surface area contributed by atoms with Crippen molar-refractivity contribution in [3.05, 3.63) is 45.5 Å². The number of fused-ring (bicyclic) bond motifs is 2. The summed E-state index contributed by atoms with van der Waals surface area (Å²) in [4.78, 5) is 26.0. The summed E-state index contributed by atoms with van der Waals surface area (Å²) in [7, 11) is 0. The van der Waals surface area contributed by atoms with Gasteiger partial charge in [0, 0.05) is 11.1 Å². The summed E-state index contributed by atoms with van der Waals surface area (Å²) in [5.74, 6) is 0.698. The lowest BCUT2D eigenvalue weighted by atomic mass is 10.2. The van der Waals surface area contributed by atoms with E-state index in [1.165, 1.54) is 16.9 Å². The first-order chi connectivity index (χ1) is 10.3. The van der Waals surface area contributed by atoms with Gasteiger partial charge in [0.1, 0.15) is 5.82 Å². The fraction of sp³-hybridized carbons (Fsp3) is 0.267. The predicted molar refractivity (Wildman–Crippen MR) is 81.4 cm³/mol. The molecule has 0 spiro atoms. The average molecular weight is 298 g/mol. The first-order valence-corrected chi connectivity index (χ1v) is 7.80. The van der Waals surface area contributed by atoms with Gasteiger partial charge >= 0.3 is 0 Å². The van der Waals surface area contributed by atoms with Crippen LogP contribution in [0.2, 0.25) is 0 Å². The molecule has 0 saturated carbocycles.